The van der Waals surface area contributed by atoms with Crippen LogP contribution in [0.15, 0.2) is 30.6 Å². The molecule has 0 radical (unpaired) electrons. The van der Waals surface area contributed by atoms with Gasteiger partial charge in [0.05, 0.1) is 24.3 Å². The molecule has 2 aromatic rings. The predicted octanol–water partition coefficient (Wildman–Crippen LogP) is 3.55. The van der Waals surface area contributed by atoms with Gasteiger partial charge in [-0.2, -0.15) is 0 Å². The van der Waals surface area contributed by atoms with Crippen LogP contribution in [-0.4, -0.2) is 52.4 Å². The van der Waals surface area contributed by atoms with Crippen molar-refractivity contribution in [2.75, 3.05) is 25.1 Å². The Kier molecular flexibility index (Phi) is 5.19. The number of benzene rings is 1. The fourth-order valence-corrected chi connectivity index (χ4v) is 4.16. The summed E-state index contributed by atoms with van der Waals surface area (Å²) in [5.74, 6) is 0.478. The van der Waals surface area contributed by atoms with Crippen LogP contribution in [0.3, 0.4) is 0 Å². The zero-order valence-electron chi connectivity index (χ0n) is 17.3. The first-order valence-electron chi connectivity index (χ1n) is 10.6. The highest BCUT2D eigenvalue weighted by Gasteiger charge is 2.53. The van der Waals surface area contributed by atoms with Gasteiger partial charge in [0.2, 0.25) is 5.95 Å². The quantitative estimate of drug-likeness (QED) is 0.698. The second-order valence-corrected chi connectivity index (χ2v) is 8.75. The summed E-state index contributed by atoms with van der Waals surface area (Å²) in [5.41, 5.74) is 1.69. The first-order chi connectivity index (χ1) is 15.3. The molecule has 7 nitrogen and oxygen atoms in total. The summed E-state index contributed by atoms with van der Waals surface area (Å²) in [6.07, 6.45) is 2.06. The van der Waals surface area contributed by atoms with Gasteiger partial charge >= 0.3 is 6.36 Å². The third-order valence-corrected chi connectivity index (χ3v) is 6.19. The minimum Gasteiger partial charge on any atom is -0.406 e. The molecule has 2 saturated heterocycles. The number of likely N-dealkylation sites (tertiary alicyclic amines) is 1. The molecule has 5 rings (SSSR count). The summed E-state index contributed by atoms with van der Waals surface area (Å²) < 4.78 is 47.5. The number of aromatic nitrogens is 2. The molecule has 1 aromatic heterocycles. The number of nitrogens with one attached hydrogen (secondary N) is 1. The number of rotatable bonds is 7. The molecule has 0 unspecified atom stereocenters. The molecule has 1 aliphatic carbocycles. The van der Waals surface area contributed by atoms with E-state index in [-0.39, 0.29) is 29.7 Å². The van der Waals surface area contributed by atoms with Crippen molar-refractivity contribution in [3.8, 4) is 5.75 Å². The Labute approximate surface area is 182 Å². The Hall–Kier alpha value is -2.88. The zero-order chi connectivity index (χ0) is 22.3. The van der Waals surface area contributed by atoms with Crippen molar-refractivity contribution in [1.29, 1.82) is 0 Å². The van der Waals surface area contributed by atoms with Crippen LogP contribution in [0.2, 0.25) is 0 Å². The van der Waals surface area contributed by atoms with Crippen molar-refractivity contribution in [2.24, 2.45) is 5.92 Å². The van der Waals surface area contributed by atoms with E-state index in [0.29, 0.717) is 36.8 Å². The molecule has 0 bridgehead atoms. The summed E-state index contributed by atoms with van der Waals surface area (Å²) in [5, 5.41) is 3.01. The van der Waals surface area contributed by atoms with Crippen LogP contribution in [0.25, 0.3) is 0 Å². The lowest BCUT2D eigenvalue weighted by atomic mass is 9.82. The van der Waals surface area contributed by atoms with Crippen molar-refractivity contribution in [3.63, 3.8) is 0 Å². The molecule has 2 aliphatic heterocycles. The highest BCUT2D eigenvalue weighted by molar-refractivity contribution is 5.95. The lowest BCUT2D eigenvalue weighted by Crippen LogP contribution is -2.72. The summed E-state index contributed by atoms with van der Waals surface area (Å²) >= 11 is 0. The number of carbonyl (C=O) groups is 1. The second-order valence-electron chi connectivity index (χ2n) is 8.75. The highest BCUT2D eigenvalue weighted by atomic mass is 19.4. The number of halogens is 3. The van der Waals surface area contributed by atoms with Crippen molar-refractivity contribution in [3.05, 3.63) is 47.3 Å². The largest absolute Gasteiger partial charge is 0.573 e. The lowest BCUT2D eigenvalue weighted by Gasteiger charge is -2.57. The maximum absolute atomic E-state index is 12.7. The first kappa shape index (κ1) is 21.0. The van der Waals surface area contributed by atoms with Gasteiger partial charge in [-0.25, -0.2) is 9.97 Å². The van der Waals surface area contributed by atoms with E-state index in [0.717, 1.165) is 31.2 Å². The Balaban J connectivity index is 1.23. The zero-order valence-corrected chi connectivity index (χ0v) is 17.3. The molecule has 1 amide bonds. The van der Waals surface area contributed by atoms with Crippen LogP contribution in [0, 0.1) is 5.92 Å². The fourth-order valence-electron chi connectivity index (χ4n) is 4.16. The van der Waals surface area contributed by atoms with E-state index in [1.165, 1.54) is 24.5 Å². The van der Waals surface area contributed by atoms with Crippen LogP contribution in [-0.2, 0) is 17.7 Å². The molecule has 1 N–H and O–H groups in total. The molecule has 3 aliphatic rings. The molecule has 3 heterocycles. The average molecular weight is 448 g/mol. The van der Waals surface area contributed by atoms with Crippen LogP contribution < -0.4 is 10.1 Å². The van der Waals surface area contributed by atoms with E-state index in [1.54, 1.807) is 4.90 Å². The van der Waals surface area contributed by atoms with Gasteiger partial charge in [-0.3, -0.25) is 4.79 Å². The van der Waals surface area contributed by atoms with Gasteiger partial charge in [-0.05, 0) is 54.9 Å². The number of amides is 1. The Morgan fingerprint density at radius 1 is 1.19 bits per heavy atom. The van der Waals surface area contributed by atoms with Gasteiger partial charge in [0.15, 0.2) is 0 Å². The van der Waals surface area contributed by atoms with Gasteiger partial charge in [-0.1, -0.05) is 6.07 Å². The molecular formula is C22H23F3N4O3. The van der Waals surface area contributed by atoms with Gasteiger partial charge in [0.1, 0.15) is 5.75 Å². The van der Waals surface area contributed by atoms with Gasteiger partial charge in [-0.15, -0.1) is 13.2 Å². The molecular weight excluding hydrogens is 425 g/mol. The van der Waals surface area contributed by atoms with Crippen LogP contribution in [0.4, 0.5) is 19.1 Å². The summed E-state index contributed by atoms with van der Waals surface area (Å²) in [4.78, 5) is 22.9. The number of hydrogen-bond donors (Lipinski definition) is 1. The average Bonchev–Trinajstić information content (AvgIpc) is 3.47. The van der Waals surface area contributed by atoms with Crippen molar-refractivity contribution in [1.82, 2.24) is 14.9 Å². The van der Waals surface area contributed by atoms with Gasteiger partial charge in [0.25, 0.3) is 5.91 Å². The van der Waals surface area contributed by atoms with E-state index in [1.807, 2.05) is 6.07 Å². The van der Waals surface area contributed by atoms with E-state index in [9.17, 15) is 18.0 Å². The third kappa shape index (κ3) is 4.50. The predicted molar refractivity (Wildman–Crippen MR) is 108 cm³/mol. The number of anilines is 1. The Bertz CT molecular complexity index is 999. The van der Waals surface area contributed by atoms with Crippen LogP contribution >= 0.6 is 0 Å². The molecule has 3 fully saturated rings. The smallest absolute Gasteiger partial charge is 0.406 e. The standard InChI is InChI=1S/C22H23F3N4O3/c23-22(24,25)32-18-7-15(5-14-1-2-14)6-16(8-18)9-26-20-27-10-17(11-28-20)19(30)29-4-3-21(29)12-31-13-21/h6-8,10-11,14H,1-5,9,12-13H2,(H,26,27,28). The topological polar surface area (TPSA) is 76.6 Å². The van der Waals surface area contributed by atoms with E-state index >= 15 is 0 Å². The Morgan fingerprint density at radius 3 is 2.47 bits per heavy atom. The first-order valence-corrected chi connectivity index (χ1v) is 10.6. The van der Waals surface area contributed by atoms with Gasteiger partial charge in [0, 0.05) is 25.5 Å². The normalized spacial score (nSPS) is 19.3. The van der Waals surface area contributed by atoms with E-state index in [2.05, 4.69) is 20.0 Å². The second kappa shape index (κ2) is 7.91. The highest BCUT2D eigenvalue weighted by Crippen LogP contribution is 2.38. The number of hydrogen-bond acceptors (Lipinski definition) is 6. The molecule has 10 heteroatoms. The molecule has 1 aromatic carbocycles. The molecule has 170 valence electrons. The Morgan fingerprint density at radius 2 is 1.91 bits per heavy atom. The lowest BCUT2D eigenvalue weighted by molar-refractivity contribution is -0.274. The number of alkyl halides is 3. The molecule has 1 spiro atoms. The fraction of sp³-hybridized carbons (Fsp3) is 0.500. The van der Waals surface area contributed by atoms with Gasteiger partial charge < -0.3 is 19.7 Å². The minimum atomic E-state index is -4.74. The maximum Gasteiger partial charge on any atom is 0.573 e. The third-order valence-electron chi connectivity index (χ3n) is 6.19. The number of nitrogens with zero attached hydrogens (tertiary/aromatic N) is 3. The van der Waals surface area contributed by atoms with Crippen LogP contribution in [0.1, 0.15) is 40.7 Å². The van der Waals surface area contributed by atoms with Crippen LogP contribution in [0.5, 0.6) is 5.75 Å². The van der Waals surface area contributed by atoms with Crippen molar-refractivity contribution < 1.29 is 27.4 Å². The molecule has 1 saturated carbocycles. The van der Waals surface area contributed by atoms with Crippen molar-refractivity contribution >= 4 is 11.9 Å². The monoisotopic (exact) mass is 448 g/mol. The summed E-state index contributed by atoms with van der Waals surface area (Å²) in [7, 11) is 0. The molecule has 0 atom stereocenters. The van der Waals surface area contributed by atoms with Crippen molar-refractivity contribution in [2.45, 2.75) is 44.1 Å². The van der Waals surface area contributed by atoms with E-state index < -0.39 is 6.36 Å². The summed E-state index contributed by atoms with van der Waals surface area (Å²) in [6.45, 7) is 2.06. The molecule has 32 heavy (non-hydrogen) atoms. The maximum atomic E-state index is 12.7. The minimum absolute atomic E-state index is 0.118. The van der Waals surface area contributed by atoms with E-state index in [4.69, 9.17) is 4.74 Å². The SMILES string of the molecule is O=C(c1cnc(NCc2cc(CC3CC3)cc(OC(F)(F)F)c2)nc1)N1CCC12COC2. The number of carbonyl (C=O) groups excluding carboxylic acids is 1. The number of ether oxygens (including phenoxy) is 2. The summed E-state index contributed by atoms with van der Waals surface area (Å²) in [6, 6.07) is 4.68.